The molecule has 1 heterocycles. The Bertz CT molecular complexity index is 1370. The van der Waals surface area contributed by atoms with Gasteiger partial charge in [0.15, 0.2) is 5.82 Å². The Hall–Kier alpha value is -4.23. The van der Waals surface area contributed by atoms with Crippen LogP contribution in [-0.4, -0.2) is 26.9 Å². The maximum absolute atomic E-state index is 12.9. The van der Waals surface area contributed by atoms with Gasteiger partial charge >= 0.3 is 0 Å². The molecule has 1 saturated carbocycles. The Labute approximate surface area is 208 Å². The number of hydrogen-bond donors (Lipinski definition) is 2. The second-order valence-corrected chi connectivity index (χ2v) is 9.35. The highest BCUT2D eigenvalue weighted by Gasteiger charge is 2.27. The van der Waals surface area contributed by atoms with E-state index in [1.54, 1.807) is 36.4 Å². The molecule has 0 saturated heterocycles. The summed E-state index contributed by atoms with van der Waals surface area (Å²) in [6, 6.07) is 11.9. The van der Waals surface area contributed by atoms with Crippen LogP contribution in [0.25, 0.3) is 21.7 Å². The first-order valence-electron chi connectivity index (χ1n) is 12.2. The number of hydrogen-bond acceptors (Lipinski definition) is 5. The lowest BCUT2D eigenvalue weighted by Gasteiger charge is -2.26. The van der Waals surface area contributed by atoms with Gasteiger partial charge in [0.2, 0.25) is 11.8 Å². The van der Waals surface area contributed by atoms with Crippen LogP contribution in [0, 0.1) is 0 Å². The average molecular weight is 483 g/mol. The second kappa shape index (κ2) is 10.2. The third-order valence-electron chi connectivity index (χ3n) is 6.92. The molecule has 9 nitrogen and oxygen atoms in total. The molecule has 0 aliphatic heterocycles. The van der Waals surface area contributed by atoms with Crippen molar-refractivity contribution < 1.29 is 14.7 Å². The summed E-state index contributed by atoms with van der Waals surface area (Å²) < 4.78 is 0. The molecule has 9 heteroatoms. The van der Waals surface area contributed by atoms with E-state index in [9.17, 15) is 14.7 Å². The van der Waals surface area contributed by atoms with E-state index in [0.29, 0.717) is 24.2 Å². The normalized spacial score (nSPS) is 14.8. The van der Waals surface area contributed by atoms with E-state index < -0.39 is 5.91 Å². The minimum Gasteiger partial charge on any atom is -0.508 e. The Morgan fingerprint density at radius 1 is 1.06 bits per heavy atom. The lowest BCUT2D eigenvalue weighted by molar-refractivity contribution is -0.115. The van der Waals surface area contributed by atoms with Crippen molar-refractivity contribution in [3.8, 4) is 17.0 Å². The van der Waals surface area contributed by atoms with Crippen molar-refractivity contribution in [2.75, 3.05) is 5.32 Å². The van der Waals surface area contributed by atoms with Gasteiger partial charge in [0, 0.05) is 22.0 Å². The summed E-state index contributed by atoms with van der Waals surface area (Å²) in [7, 11) is 0. The minimum atomic E-state index is -0.605. The standard InChI is InChI=1S/C27H26N6O3/c28-33-32-27(36)19-8-12-21-18(15-19)9-13-22-25(21)31-24(17-4-2-1-3-5-17)26(29-22)30-23(35)14-16-6-10-20(34)11-7-16/h6-8,10-12,15,17,34H,1-5,9,13-14H2,(H,29,30,35). The van der Waals surface area contributed by atoms with E-state index in [4.69, 9.17) is 15.5 Å². The molecule has 2 amide bonds. The highest BCUT2D eigenvalue weighted by molar-refractivity contribution is 5.96. The summed E-state index contributed by atoms with van der Waals surface area (Å²) in [5, 5.41) is 15.7. The molecule has 2 N–H and O–H groups in total. The molecule has 36 heavy (non-hydrogen) atoms. The van der Waals surface area contributed by atoms with Gasteiger partial charge in [-0.1, -0.05) is 43.5 Å². The molecule has 182 valence electrons. The summed E-state index contributed by atoms with van der Waals surface area (Å²) in [4.78, 5) is 37.5. The lowest BCUT2D eigenvalue weighted by Crippen LogP contribution is -2.21. The Kier molecular flexibility index (Phi) is 6.64. The molecule has 0 unspecified atom stereocenters. The van der Waals surface area contributed by atoms with Crippen LogP contribution in [0.1, 0.15) is 70.9 Å². The zero-order valence-electron chi connectivity index (χ0n) is 19.8. The van der Waals surface area contributed by atoms with Crippen molar-refractivity contribution in [2.24, 2.45) is 5.11 Å². The summed E-state index contributed by atoms with van der Waals surface area (Å²) in [5.74, 6) is 0.129. The third kappa shape index (κ3) is 4.92. The highest BCUT2D eigenvalue weighted by Crippen LogP contribution is 2.39. The topological polar surface area (TPSA) is 141 Å². The number of carbonyl (C=O) groups excluding carboxylic acids is 2. The molecule has 1 aromatic heterocycles. The molecule has 3 aromatic rings. The van der Waals surface area contributed by atoms with Crippen LogP contribution in [0.2, 0.25) is 0 Å². The zero-order chi connectivity index (χ0) is 25.1. The van der Waals surface area contributed by atoms with Crippen molar-refractivity contribution in [1.29, 1.82) is 0 Å². The second-order valence-electron chi connectivity index (χ2n) is 9.35. The van der Waals surface area contributed by atoms with Crippen molar-refractivity contribution in [3.63, 3.8) is 0 Å². The maximum atomic E-state index is 12.9. The molecular formula is C27H26N6O3. The fraction of sp³-hybridized carbons (Fsp3) is 0.333. The number of aromatic hydroxyl groups is 1. The largest absolute Gasteiger partial charge is 0.508 e. The molecule has 5 rings (SSSR count). The van der Waals surface area contributed by atoms with Gasteiger partial charge in [-0.05, 0) is 65.7 Å². The predicted octanol–water partition coefficient (Wildman–Crippen LogP) is 5.63. The number of phenolic OH excluding ortho intramolecular Hbond substituents is 1. The van der Waals surface area contributed by atoms with Crippen molar-refractivity contribution >= 4 is 17.6 Å². The van der Waals surface area contributed by atoms with Crippen molar-refractivity contribution in [3.05, 3.63) is 81.0 Å². The molecule has 2 aliphatic carbocycles. The number of aryl methyl sites for hydroxylation is 2. The monoisotopic (exact) mass is 482 g/mol. The van der Waals surface area contributed by atoms with E-state index in [-0.39, 0.29) is 24.0 Å². The molecule has 0 atom stereocenters. The first kappa shape index (κ1) is 23.5. The Morgan fingerprint density at radius 2 is 1.83 bits per heavy atom. The Balaban J connectivity index is 1.49. The summed E-state index contributed by atoms with van der Waals surface area (Å²) in [6.45, 7) is 0. The number of rotatable bonds is 5. The first-order valence-corrected chi connectivity index (χ1v) is 12.2. The van der Waals surface area contributed by atoms with Crippen LogP contribution in [0.4, 0.5) is 5.82 Å². The highest BCUT2D eigenvalue weighted by atomic mass is 16.3. The summed E-state index contributed by atoms with van der Waals surface area (Å²) in [5.41, 5.74) is 14.0. The van der Waals surface area contributed by atoms with Crippen LogP contribution in [0.15, 0.2) is 47.6 Å². The van der Waals surface area contributed by atoms with Crippen LogP contribution in [0.5, 0.6) is 5.75 Å². The van der Waals surface area contributed by atoms with Gasteiger partial charge in [-0.25, -0.2) is 9.97 Å². The zero-order valence-corrected chi connectivity index (χ0v) is 19.8. The number of aromatic nitrogens is 2. The lowest BCUT2D eigenvalue weighted by atomic mass is 9.85. The molecule has 0 radical (unpaired) electrons. The fourth-order valence-corrected chi connectivity index (χ4v) is 5.12. The maximum Gasteiger partial charge on any atom is 0.249 e. The van der Waals surface area contributed by atoms with E-state index in [2.05, 4.69) is 15.3 Å². The van der Waals surface area contributed by atoms with Crippen molar-refractivity contribution in [1.82, 2.24) is 9.97 Å². The number of carbonyl (C=O) groups is 2. The van der Waals surface area contributed by atoms with Gasteiger partial charge < -0.3 is 10.4 Å². The van der Waals surface area contributed by atoms with Gasteiger partial charge in [0.05, 0.1) is 23.5 Å². The van der Waals surface area contributed by atoms with Crippen LogP contribution >= 0.6 is 0 Å². The van der Waals surface area contributed by atoms with Crippen LogP contribution < -0.4 is 5.32 Å². The number of amides is 2. The van der Waals surface area contributed by atoms with Crippen LogP contribution in [0.3, 0.4) is 0 Å². The van der Waals surface area contributed by atoms with E-state index >= 15 is 0 Å². The molecular weight excluding hydrogens is 456 g/mol. The summed E-state index contributed by atoms with van der Waals surface area (Å²) in [6.07, 6.45) is 6.90. The molecule has 2 aliphatic rings. The third-order valence-corrected chi connectivity index (χ3v) is 6.92. The fourth-order valence-electron chi connectivity index (χ4n) is 5.12. The van der Waals surface area contributed by atoms with Crippen molar-refractivity contribution in [2.45, 2.75) is 57.3 Å². The number of anilines is 1. The van der Waals surface area contributed by atoms with Gasteiger partial charge in [-0.15, -0.1) is 0 Å². The van der Waals surface area contributed by atoms with E-state index in [1.807, 2.05) is 6.07 Å². The number of azide groups is 1. The van der Waals surface area contributed by atoms with Gasteiger partial charge in [0.25, 0.3) is 0 Å². The number of fused-ring (bicyclic) bond motifs is 3. The van der Waals surface area contributed by atoms with Gasteiger partial charge in [-0.2, -0.15) is 0 Å². The van der Waals surface area contributed by atoms with E-state index in [0.717, 1.165) is 59.5 Å². The smallest absolute Gasteiger partial charge is 0.249 e. The predicted molar refractivity (Wildman–Crippen MR) is 135 cm³/mol. The first-order chi connectivity index (χ1) is 17.5. The van der Waals surface area contributed by atoms with Gasteiger partial charge in [-0.3, -0.25) is 9.59 Å². The SMILES string of the molecule is [N-]=[N+]=NC(=O)c1ccc2c(c1)CCc1nc(NC(=O)Cc3ccc(O)cc3)c(C3CCCCC3)nc1-2. The Morgan fingerprint density at radius 3 is 2.58 bits per heavy atom. The number of nitrogens with one attached hydrogen (secondary N) is 1. The van der Waals surface area contributed by atoms with E-state index in [1.165, 1.54) is 6.42 Å². The average Bonchev–Trinajstić information content (AvgIpc) is 2.90. The quantitative estimate of drug-likeness (QED) is 0.275. The molecule has 2 aromatic carbocycles. The molecule has 0 bridgehead atoms. The number of benzene rings is 2. The minimum absolute atomic E-state index is 0.161. The van der Waals surface area contributed by atoms with Crippen LogP contribution in [-0.2, 0) is 24.1 Å². The molecule has 1 fully saturated rings. The summed E-state index contributed by atoms with van der Waals surface area (Å²) >= 11 is 0. The van der Waals surface area contributed by atoms with Gasteiger partial charge in [0.1, 0.15) is 5.75 Å². The number of nitrogens with zero attached hydrogens (tertiary/aromatic N) is 5. The molecule has 0 spiro atoms. The number of phenols is 1.